The van der Waals surface area contributed by atoms with Crippen LogP contribution in [0, 0.1) is 6.92 Å². The molecule has 0 bridgehead atoms. The lowest BCUT2D eigenvalue weighted by Crippen LogP contribution is -2.15. The van der Waals surface area contributed by atoms with E-state index in [1.165, 1.54) is 22.3 Å². The van der Waals surface area contributed by atoms with Crippen molar-refractivity contribution >= 4 is 5.71 Å². The molecule has 1 aliphatic rings. The van der Waals surface area contributed by atoms with E-state index in [1.54, 1.807) is 14.2 Å². The largest absolute Gasteiger partial charge is 0.493 e. The van der Waals surface area contributed by atoms with Gasteiger partial charge < -0.3 is 9.47 Å². The third kappa shape index (κ3) is 2.84. The molecule has 0 N–H and O–H groups in total. The van der Waals surface area contributed by atoms with Crippen LogP contribution in [0.2, 0.25) is 0 Å². The highest BCUT2D eigenvalue weighted by atomic mass is 16.5. The van der Waals surface area contributed by atoms with Crippen molar-refractivity contribution < 1.29 is 9.47 Å². The van der Waals surface area contributed by atoms with E-state index in [9.17, 15) is 0 Å². The standard InChI is InChI=1S/C19H21NO2/c1-13-4-6-16-15(10-13)8-9-20-17(16)11-14-5-7-18(21-2)19(12-14)22-3/h4-7,10,12H,8-9,11H2,1-3H3. The zero-order chi connectivity index (χ0) is 15.5. The van der Waals surface area contributed by atoms with E-state index in [-0.39, 0.29) is 0 Å². The summed E-state index contributed by atoms with van der Waals surface area (Å²) in [6.07, 6.45) is 1.85. The second-order valence-electron chi connectivity index (χ2n) is 5.61. The minimum atomic E-state index is 0.757. The predicted molar refractivity (Wildman–Crippen MR) is 89.5 cm³/mol. The van der Waals surface area contributed by atoms with Crippen molar-refractivity contribution in [3.05, 3.63) is 58.7 Å². The second kappa shape index (κ2) is 6.22. The first kappa shape index (κ1) is 14.6. The molecule has 2 aromatic carbocycles. The Kier molecular flexibility index (Phi) is 4.14. The van der Waals surface area contributed by atoms with Crippen molar-refractivity contribution in [1.29, 1.82) is 0 Å². The number of rotatable bonds is 4. The summed E-state index contributed by atoms with van der Waals surface area (Å²) >= 11 is 0. The highest BCUT2D eigenvalue weighted by molar-refractivity contribution is 6.03. The molecule has 3 nitrogen and oxygen atoms in total. The van der Waals surface area contributed by atoms with E-state index >= 15 is 0 Å². The van der Waals surface area contributed by atoms with Gasteiger partial charge in [-0.1, -0.05) is 29.8 Å². The summed E-state index contributed by atoms with van der Waals surface area (Å²) in [5, 5.41) is 0. The first-order valence-electron chi connectivity index (χ1n) is 7.55. The summed E-state index contributed by atoms with van der Waals surface area (Å²) in [5.41, 5.74) is 6.35. The van der Waals surface area contributed by atoms with E-state index in [4.69, 9.17) is 14.5 Å². The first-order chi connectivity index (χ1) is 10.7. The third-order valence-electron chi connectivity index (χ3n) is 4.07. The van der Waals surface area contributed by atoms with Gasteiger partial charge in [0.25, 0.3) is 0 Å². The molecule has 0 amide bonds. The van der Waals surface area contributed by atoms with Gasteiger partial charge in [0.1, 0.15) is 0 Å². The molecule has 0 fully saturated rings. The van der Waals surface area contributed by atoms with Crippen LogP contribution < -0.4 is 9.47 Å². The SMILES string of the molecule is COc1ccc(CC2=NCCc3cc(C)ccc32)cc1OC. The van der Waals surface area contributed by atoms with Crippen molar-refractivity contribution in [1.82, 2.24) is 0 Å². The third-order valence-corrected chi connectivity index (χ3v) is 4.07. The molecule has 0 atom stereocenters. The molecule has 2 aromatic rings. The normalized spacial score (nSPS) is 13.3. The number of nitrogens with zero attached hydrogens (tertiary/aromatic N) is 1. The Morgan fingerprint density at radius 1 is 1.00 bits per heavy atom. The Labute approximate surface area is 131 Å². The molecular weight excluding hydrogens is 274 g/mol. The van der Waals surface area contributed by atoms with E-state index in [2.05, 4.69) is 31.2 Å². The summed E-state index contributed by atoms with van der Waals surface area (Å²) in [6.45, 7) is 3.01. The number of aliphatic imine (C=N–C) groups is 1. The van der Waals surface area contributed by atoms with Crippen LogP contribution >= 0.6 is 0 Å². The van der Waals surface area contributed by atoms with Crippen LogP contribution in [0.4, 0.5) is 0 Å². The summed E-state index contributed by atoms with van der Waals surface area (Å²) in [5.74, 6) is 1.52. The van der Waals surface area contributed by atoms with E-state index < -0.39 is 0 Å². The fraction of sp³-hybridized carbons (Fsp3) is 0.316. The van der Waals surface area contributed by atoms with Gasteiger partial charge in [0.15, 0.2) is 11.5 Å². The Morgan fingerprint density at radius 2 is 1.82 bits per heavy atom. The molecule has 1 heterocycles. The quantitative estimate of drug-likeness (QED) is 0.863. The van der Waals surface area contributed by atoms with Crippen molar-refractivity contribution in [3.8, 4) is 11.5 Å². The molecule has 3 heteroatoms. The van der Waals surface area contributed by atoms with Crippen LogP contribution in [0.3, 0.4) is 0 Å². The number of ether oxygens (including phenoxy) is 2. The van der Waals surface area contributed by atoms with Crippen molar-refractivity contribution in [2.75, 3.05) is 20.8 Å². The molecule has 0 saturated carbocycles. The van der Waals surface area contributed by atoms with Crippen molar-refractivity contribution in [2.45, 2.75) is 19.8 Å². The van der Waals surface area contributed by atoms with Gasteiger partial charge in [0, 0.05) is 18.7 Å². The van der Waals surface area contributed by atoms with E-state index in [1.807, 2.05) is 12.1 Å². The Morgan fingerprint density at radius 3 is 2.59 bits per heavy atom. The van der Waals surface area contributed by atoms with Crippen molar-refractivity contribution in [2.24, 2.45) is 4.99 Å². The highest BCUT2D eigenvalue weighted by Crippen LogP contribution is 2.29. The van der Waals surface area contributed by atoms with Gasteiger partial charge in [-0.05, 0) is 42.2 Å². The number of fused-ring (bicyclic) bond motifs is 1. The van der Waals surface area contributed by atoms with Gasteiger partial charge >= 0.3 is 0 Å². The molecule has 114 valence electrons. The summed E-state index contributed by atoms with van der Waals surface area (Å²) in [7, 11) is 3.32. The molecule has 1 aliphatic heterocycles. The Hall–Kier alpha value is -2.29. The lowest BCUT2D eigenvalue weighted by Gasteiger charge is -2.18. The average molecular weight is 295 g/mol. The fourth-order valence-electron chi connectivity index (χ4n) is 2.94. The smallest absolute Gasteiger partial charge is 0.160 e. The highest BCUT2D eigenvalue weighted by Gasteiger charge is 2.15. The molecule has 0 radical (unpaired) electrons. The number of hydrogen-bond acceptors (Lipinski definition) is 3. The molecule has 0 unspecified atom stereocenters. The van der Waals surface area contributed by atoms with Gasteiger partial charge in [-0.15, -0.1) is 0 Å². The summed E-state index contributed by atoms with van der Waals surface area (Å²) in [4.78, 5) is 4.74. The van der Waals surface area contributed by atoms with Crippen LogP contribution in [0.5, 0.6) is 11.5 Å². The van der Waals surface area contributed by atoms with Gasteiger partial charge in [-0.25, -0.2) is 0 Å². The van der Waals surface area contributed by atoms with Gasteiger partial charge in [-0.3, -0.25) is 4.99 Å². The van der Waals surface area contributed by atoms with Gasteiger partial charge in [0.05, 0.1) is 14.2 Å². The maximum absolute atomic E-state index is 5.39. The minimum absolute atomic E-state index is 0.757. The molecule has 3 rings (SSSR count). The Bertz CT molecular complexity index is 719. The minimum Gasteiger partial charge on any atom is -0.493 e. The predicted octanol–water partition coefficient (Wildman–Crippen LogP) is 3.60. The van der Waals surface area contributed by atoms with Crippen LogP contribution in [0.25, 0.3) is 0 Å². The van der Waals surface area contributed by atoms with Crippen LogP contribution in [-0.2, 0) is 12.8 Å². The first-order valence-corrected chi connectivity index (χ1v) is 7.55. The molecule has 0 spiro atoms. The summed E-state index contributed by atoms with van der Waals surface area (Å²) in [6, 6.07) is 12.7. The fourth-order valence-corrected chi connectivity index (χ4v) is 2.94. The van der Waals surface area contributed by atoms with Crippen molar-refractivity contribution in [3.63, 3.8) is 0 Å². The van der Waals surface area contributed by atoms with Crippen LogP contribution in [-0.4, -0.2) is 26.5 Å². The van der Waals surface area contributed by atoms with Gasteiger partial charge in [-0.2, -0.15) is 0 Å². The lowest BCUT2D eigenvalue weighted by molar-refractivity contribution is 0.354. The Balaban J connectivity index is 1.89. The number of aryl methyl sites for hydroxylation is 1. The average Bonchev–Trinajstić information content (AvgIpc) is 2.54. The monoisotopic (exact) mass is 295 g/mol. The zero-order valence-corrected chi connectivity index (χ0v) is 13.3. The maximum Gasteiger partial charge on any atom is 0.160 e. The molecule has 22 heavy (non-hydrogen) atoms. The van der Waals surface area contributed by atoms with Crippen LogP contribution in [0.15, 0.2) is 41.4 Å². The van der Waals surface area contributed by atoms with Gasteiger partial charge in [0.2, 0.25) is 0 Å². The lowest BCUT2D eigenvalue weighted by atomic mass is 9.92. The zero-order valence-electron chi connectivity index (χ0n) is 13.3. The molecule has 0 saturated heterocycles. The molecule has 0 aromatic heterocycles. The number of hydrogen-bond donors (Lipinski definition) is 0. The van der Waals surface area contributed by atoms with E-state index in [0.29, 0.717) is 0 Å². The maximum atomic E-state index is 5.39. The summed E-state index contributed by atoms with van der Waals surface area (Å²) < 4.78 is 10.7. The van der Waals surface area contributed by atoms with Crippen LogP contribution in [0.1, 0.15) is 22.3 Å². The number of methoxy groups -OCH3 is 2. The molecule has 0 aliphatic carbocycles. The second-order valence-corrected chi connectivity index (χ2v) is 5.61. The number of benzene rings is 2. The topological polar surface area (TPSA) is 30.8 Å². The van der Waals surface area contributed by atoms with E-state index in [0.717, 1.165) is 36.6 Å². The molecular formula is C19H21NO2.